The second-order valence-corrected chi connectivity index (χ2v) is 4.40. The number of hydrogen-bond donors (Lipinski definition) is 1. The fourth-order valence-electron chi connectivity index (χ4n) is 2.11. The van der Waals surface area contributed by atoms with Crippen LogP contribution in [0.25, 0.3) is 0 Å². The van der Waals surface area contributed by atoms with Gasteiger partial charge in [-0.25, -0.2) is 4.39 Å². The van der Waals surface area contributed by atoms with E-state index in [1.54, 1.807) is 19.2 Å². The molecular formula is C15H13F4N. The van der Waals surface area contributed by atoms with Crippen LogP contribution in [0, 0.1) is 5.82 Å². The van der Waals surface area contributed by atoms with Gasteiger partial charge in [0, 0.05) is 0 Å². The van der Waals surface area contributed by atoms with Gasteiger partial charge in [0.1, 0.15) is 5.82 Å². The molecule has 0 heterocycles. The molecule has 0 saturated heterocycles. The molecule has 0 fully saturated rings. The van der Waals surface area contributed by atoms with Gasteiger partial charge in [0.25, 0.3) is 0 Å². The third kappa shape index (κ3) is 3.17. The van der Waals surface area contributed by atoms with Crippen molar-refractivity contribution in [3.05, 3.63) is 71.0 Å². The Kier molecular flexibility index (Phi) is 4.09. The van der Waals surface area contributed by atoms with Crippen molar-refractivity contribution < 1.29 is 17.6 Å². The maximum atomic E-state index is 13.2. The molecule has 106 valence electrons. The molecule has 0 aliphatic carbocycles. The summed E-state index contributed by atoms with van der Waals surface area (Å²) in [4.78, 5) is 0. The molecule has 0 aliphatic rings. The summed E-state index contributed by atoms with van der Waals surface area (Å²) in [7, 11) is 1.62. The minimum atomic E-state index is -4.39. The molecular weight excluding hydrogens is 270 g/mol. The predicted octanol–water partition coefficient (Wildman–Crippen LogP) is 4.15. The van der Waals surface area contributed by atoms with E-state index in [-0.39, 0.29) is 0 Å². The van der Waals surface area contributed by atoms with Gasteiger partial charge in [-0.1, -0.05) is 24.3 Å². The van der Waals surface area contributed by atoms with Crippen molar-refractivity contribution >= 4 is 0 Å². The maximum Gasteiger partial charge on any atom is 0.416 e. The molecule has 0 aliphatic heterocycles. The van der Waals surface area contributed by atoms with Gasteiger partial charge in [-0.3, -0.25) is 0 Å². The van der Waals surface area contributed by atoms with Crippen molar-refractivity contribution in [2.45, 2.75) is 12.2 Å². The molecule has 0 bridgehead atoms. The van der Waals surface area contributed by atoms with Crippen LogP contribution in [0.4, 0.5) is 17.6 Å². The Labute approximate surface area is 114 Å². The molecule has 1 atom stereocenters. The summed E-state index contributed by atoms with van der Waals surface area (Å²) in [5.74, 6) is -0.422. The molecule has 0 spiro atoms. The fraction of sp³-hybridized carbons (Fsp3) is 0.200. The lowest BCUT2D eigenvalue weighted by Crippen LogP contribution is -2.18. The van der Waals surface area contributed by atoms with Crippen LogP contribution in [0.2, 0.25) is 0 Å². The van der Waals surface area contributed by atoms with Gasteiger partial charge in [0.15, 0.2) is 0 Å². The van der Waals surface area contributed by atoms with E-state index in [1.807, 2.05) is 0 Å². The van der Waals surface area contributed by atoms with Crippen LogP contribution in [-0.4, -0.2) is 7.05 Å². The van der Waals surface area contributed by atoms with Crippen LogP contribution in [0.1, 0.15) is 22.7 Å². The van der Waals surface area contributed by atoms with E-state index < -0.39 is 23.6 Å². The number of hydrogen-bond acceptors (Lipinski definition) is 1. The largest absolute Gasteiger partial charge is 0.416 e. The van der Waals surface area contributed by atoms with Crippen molar-refractivity contribution in [3.63, 3.8) is 0 Å². The maximum absolute atomic E-state index is 13.2. The van der Waals surface area contributed by atoms with E-state index in [2.05, 4.69) is 5.32 Å². The molecule has 1 unspecified atom stereocenters. The van der Waals surface area contributed by atoms with Crippen molar-refractivity contribution in [1.82, 2.24) is 5.32 Å². The molecule has 2 aromatic carbocycles. The number of nitrogens with one attached hydrogen (secondary N) is 1. The Bertz CT molecular complexity index is 592. The van der Waals surface area contributed by atoms with E-state index in [9.17, 15) is 17.6 Å². The zero-order valence-electron chi connectivity index (χ0n) is 10.7. The van der Waals surface area contributed by atoms with Crippen LogP contribution in [0.5, 0.6) is 0 Å². The van der Waals surface area contributed by atoms with Gasteiger partial charge in [-0.05, 0) is 42.4 Å². The lowest BCUT2D eigenvalue weighted by molar-refractivity contribution is -0.137. The molecule has 2 rings (SSSR count). The zero-order valence-corrected chi connectivity index (χ0v) is 10.7. The van der Waals surface area contributed by atoms with Gasteiger partial charge < -0.3 is 5.32 Å². The number of halogens is 4. The van der Waals surface area contributed by atoms with Crippen molar-refractivity contribution in [2.24, 2.45) is 0 Å². The average Bonchev–Trinajstić information content (AvgIpc) is 2.39. The highest BCUT2D eigenvalue weighted by molar-refractivity contribution is 5.35. The summed E-state index contributed by atoms with van der Waals surface area (Å²) in [6.45, 7) is 0. The lowest BCUT2D eigenvalue weighted by Gasteiger charge is -2.18. The number of benzene rings is 2. The molecule has 0 aromatic heterocycles. The minimum Gasteiger partial charge on any atom is -0.309 e. The zero-order chi connectivity index (χ0) is 14.8. The van der Waals surface area contributed by atoms with Gasteiger partial charge in [-0.15, -0.1) is 0 Å². The summed E-state index contributed by atoms with van der Waals surface area (Å²) < 4.78 is 51.4. The first-order valence-electron chi connectivity index (χ1n) is 6.01. The SMILES string of the molecule is CNC(c1cccc(F)c1)c1cccc(C(F)(F)F)c1. The Balaban J connectivity index is 2.42. The van der Waals surface area contributed by atoms with Gasteiger partial charge in [-0.2, -0.15) is 13.2 Å². The quantitative estimate of drug-likeness (QED) is 0.834. The molecule has 1 N–H and O–H groups in total. The highest BCUT2D eigenvalue weighted by Gasteiger charge is 2.31. The predicted molar refractivity (Wildman–Crippen MR) is 68.7 cm³/mol. The summed E-state index contributed by atoms with van der Waals surface area (Å²) in [5, 5.41) is 2.91. The Morgan fingerprint density at radius 1 is 0.950 bits per heavy atom. The standard InChI is InChI=1S/C15H13F4N/c1-20-14(11-5-3-7-13(16)9-11)10-4-2-6-12(8-10)15(17,18)19/h2-9,14,20H,1H3. The van der Waals surface area contributed by atoms with Crippen molar-refractivity contribution in [2.75, 3.05) is 7.05 Å². The summed E-state index contributed by atoms with van der Waals surface area (Å²) in [6, 6.07) is 10.3. The molecule has 0 amide bonds. The summed E-state index contributed by atoms with van der Waals surface area (Å²) in [5.41, 5.74) is 0.298. The Morgan fingerprint density at radius 2 is 1.55 bits per heavy atom. The molecule has 0 saturated carbocycles. The highest BCUT2D eigenvalue weighted by atomic mass is 19.4. The molecule has 0 radical (unpaired) electrons. The monoisotopic (exact) mass is 283 g/mol. The van der Waals surface area contributed by atoms with Crippen LogP contribution in [0.3, 0.4) is 0 Å². The Morgan fingerprint density at radius 3 is 2.10 bits per heavy atom. The minimum absolute atomic E-state index is 0.422. The van der Waals surface area contributed by atoms with Crippen molar-refractivity contribution in [1.29, 1.82) is 0 Å². The number of rotatable bonds is 3. The Hall–Kier alpha value is -1.88. The van der Waals surface area contributed by atoms with Crippen molar-refractivity contribution in [3.8, 4) is 0 Å². The molecule has 5 heteroatoms. The first kappa shape index (κ1) is 14.5. The van der Waals surface area contributed by atoms with E-state index >= 15 is 0 Å². The smallest absolute Gasteiger partial charge is 0.309 e. The molecule has 1 nitrogen and oxygen atoms in total. The van der Waals surface area contributed by atoms with Gasteiger partial charge in [0.2, 0.25) is 0 Å². The second kappa shape index (κ2) is 5.63. The van der Waals surface area contributed by atoms with Gasteiger partial charge >= 0.3 is 6.18 Å². The van der Waals surface area contributed by atoms with Crippen LogP contribution in [-0.2, 0) is 6.18 Å². The number of alkyl halides is 3. The third-order valence-corrected chi connectivity index (χ3v) is 3.02. The fourth-order valence-corrected chi connectivity index (χ4v) is 2.11. The second-order valence-electron chi connectivity index (χ2n) is 4.40. The van der Waals surface area contributed by atoms with E-state index in [1.165, 1.54) is 24.3 Å². The normalized spacial score (nSPS) is 13.2. The average molecular weight is 283 g/mol. The lowest BCUT2D eigenvalue weighted by atomic mass is 9.97. The van der Waals surface area contributed by atoms with E-state index in [0.717, 1.165) is 12.1 Å². The van der Waals surface area contributed by atoms with Gasteiger partial charge in [0.05, 0.1) is 11.6 Å². The first-order chi connectivity index (χ1) is 9.41. The van der Waals surface area contributed by atoms with Crippen LogP contribution >= 0.6 is 0 Å². The third-order valence-electron chi connectivity index (χ3n) is 3.02. The summed E-state index contributed by atoms with van der Waals surface area (Å²) in [6.07, 6.45) is -4.39. The van der Waals surface area contributed by atoms with E-state index in [0.29, 0.717) is 11.1 Å². The topological polar surface area (TPSA) is 12.0 Å². The van der Waals surface area contributed by atoms with E-state index in [4.69, 9.17) is 0 Å². The van der Waals surface area contributed by atoms with Crippen LogP contribution < -0.4 is 5.32 Å². The summed E-state index contributed by atoms with van der Waals surface area (Å²) >= 11 is 0. The van der Waals surface area contributed by atoms with Crippen LogP contribution in [0.15, 0.2) is 48.5 Å². The highest BCUT2D eigenvalue weighted by Crippen LogP contribution is 2.32. The molecule has 2 aromatic rings. The molecule has 20 heavy (non-hydrogen) atoms. The first-order valence-corrected chi connectivity index (χ1v) is 6.01.